The van der Waals surface area contributed by atoms with E-state index in [1.54, 1.807) is 17.3 Å². The number of H-pyrrole nitrogens is 2. The predicted molar refractivity (Wildman–Crippen MR) is 141 cm³/mol. The molecule has 2 aliphatic heterocycles. The van der Waals surface area contributed by atoms with Crippen molar-refractivity contribution < 1.29 is 8.78 Å². The van der Waals surface area contributed by atoms with Crippen molar-refractivity contribution in [3.05, 3.63) is 48.4 Å². The largest absolute Gasteiger partial charge is 0.370 e. The van der Waals surface area contributed by atoms with Crippen molar-refractivity contribution in [1.29, 1.82) is 0 Å². The van der Waals surface area contributed by atoms with Gasteiger partial charge in [-0.1, -0.05) is 0 Å². The van der Waals surface area contributed by atoms with E-state index in [2.05, 4.69) is 30.0 Å². The van der Waals surface area contributed by atoms with Gasteiger partial charge in [0, 0.05) is 56.8 Å². The average Bonchev–Trinajstić information content (AvgIpc) is 3.64. The van der Waals surface area contributed by atoms with Gasteiger partial charge in [-0.2, -0.15) is 5.10 Å². The lowest BCUT2D eigenvalue weighted by atomic mass is 10.1. The van der Waals surface area contributed by atoms with E-state index in [9.17, 15) is 8.78 Å². The molecule has 2 saturated heterocycles. The number of alkyl halides is 2. The maximum Gasteiger partial charge on any atom is 0.261 e. The molecule has 2 fully saturated rings. The Kier molecular flexibility index (Phi) is 5.54. The highest BCUT2D eigenvalue weighted by Gasteiger charge is 2.37. The number of nitrogens with one attached hydrogen (secondary N) is 2. The number of likely N-dealkylation sites (tertiary alicyclic amines) is 1. The lowest BCUT2D eigenvalue weighted by Gasteiger charge is -2.28. The van der Waals surface area contributed by atoms with Gasteiger partial charge in [0.05, 0.1) is 23.4 Å². The van der Waals surface area contributed by atoms with Crippen LogP contribution in [0.25, 0.3) is 45.0 Å². The van der Waals surface area contributed by atoms with E-state index in [4.69, 9.17) is 9.97 Å². The smallest absolute Gasteiger partial charge is 0.261 e. The normalized spacial score (nSPS) is 18.1. The first-order chi connectivity index (χ1) is 18.5. The summed E-state index contributed by atoms with van der Waals surface area (Å²) in [5.74, 6) is -2.01. The molecule has 5 aromatic heterocycles. The van der Waals surface area contributed by atoms with Crippen LogP contribution in [0.5, 0.6) is 0 Å². The number of halogens is 2. The van der Waals surface area contributed by atoms with Gasteiger partial charge in [0.1, 0.15) is 11.0 Å². The Labute approximate surface area is 217 Å². The highest BCUT2D eigenvalue weighted by Crippen LogP contribution is 2.32. The Balaban J connectivity index is 1.22. The van der Waals surface area contributed by atoms with Gasteiger partial charge >= 0.3 is 0 Å². The Morgan fingerprint density at radius 3 is 2.71 bits per heavy atom. The number of anilines is 1. The molecule has 194 valence electrons. The molecule has 7 rings (SSSR count). The first kappa shape index (κ1) is 23.2. The lowest BCUT2D eigenvalue weighted by molar-refractivity contribution is 0.0115. The zero-order valence-electron chi connectivity index (χ0n) is 20.8. The number of aromatic amines is 2. The summed E-state index contributed by atoms with van der Waals surface area (Å²) in [6.45, 7) is 2.63. The summed E-state index contributed by atoms with van der Waals surface area (Å²) in [6, 6.07) is 7.83. The summed E-state index contributed by atoms with van der Waals surface area (Å²) in [7, 11) is 0. The van der Waals surface area contributed by atoms with Crippen LogP contribution >= 0.6 is 0 Å². The van der Waals surface area contributed by atoms with Gasteiger partial charge in [0.25, 0.3) is 5.92 Å². The molecule has 0 atom stereocenters. The number of imidazole rings is 1. The van der Waals surface area contributed by atoms with Crippen molar-refractivity contribution in [3.8, 4) is 22.8 Å². The minimum absolute atomic E-state index is 0.0988. The van der Waals surface area contributed by atoms with Crippen LogP contribution in [-0.2, 0) is 6.54 Å². The number of hydrogen-bond acceptors (Lipinski definition) is 7. The summed E-state index contributed by atoms with van der Waals surface area (Å²) in [6.07, 6.45) is 8.80. The van der Waals surface area contributed by atoms with Crippen molar-refractivity contribution in [1.82, 2.24) is 40.0 Å². The number of pyridine rings is 3. The molecule has 2 aliphatic rings. The third kappa shape index (κ3) is 4.26. The fourth-order valence-corrected chi connectivity index (χ4v) is 5.54. The van der Waals surface area contributed by atoms with E-state index in [-0.39, 0.29) is 13.0 Å². The first-order valence-corrected chi connectivity index (χ1v) is 13.0. The zero-order valence-corrected chi connectivity index (χ0v) is 20.8. The molecule has 0 bridgehead atoms. The molecule has 0 spiro atoms. The molecule has 0 unspecified atom stereocenters. The fourth-order valence-electron chi connectivity index (χ4n) is 5.54. The molecule has 2 N–H and O–H groups in total. The first-order valence-electron chi connectivity index (χ1n) is 13.0. The van der Waals surface area contributed by atoms with Gasteiger partial charge in [-0.25, -0.2) is 23.7 Å². The average molecular weight is 516 g/mol. The summed E-state index contributed by atoms with van der Waals surface area (Å²) in [5, 5.41) is 7.58. The number of rotatable bonds is 5. The molecule has 0 saturated carbocycles. The van der Waals surface area contributed by atoms with Crippen LogP contribution in [0.1, 0.15) is 31.2 Å². The van der Waals surface area contributed by atoms with E-state index >= 15 is 0 Å². The number of nitrogens with zero attached hydrogens (tertiary/aromatic N) is 7. The van der Waals surface area contributed by atoms with Crippen molar-refractivity contribution in [2.24, 2.45) is 0 Å². The summed E-state index contributed by atoms with van der Waals surface area (Å²) in [5.41, 5.74) is 7.16. The van der Waals surface area contributed by atoms with Gasteiger partial charge in [0.15, 0.2) is 17.2 Å². The van der Waals surface area contributed by atoms with Crippen molar-refractivity contribution in [2.45, 2.75) is 38.2 Å². The van der Waals surface area contributed by atoms with Crippen LogP contribution in [0.2, 0.25) is 0 Å². The molecule has 0 aromatic carbocycles. The minimum Gasteiger partial charge on any atom is -0.370 e. The third-order valence-electron chi connectivity index (χ3n) is 7.44. The standard InChI is InChI=1S/C27H27F2N9/c28-27(29)7-11-37(16-27)15-17-12-18(14-30-13-17)19-4-5-20-22(32-19)24(36-35-20)26-33-23-21(6-8-31-25(23)34-26)38-9-2-1-3-10-38/h4-6,8,12-14H,1-3,7,9-11,15-16H2,(H,35,36)(H,31,33,34). The van der Waals surface area contributed by atoms with Crippen molar-refractivity contribution in [3.63, 3.8) is 0 Å². The molecule has 11 heteroatoms. The maximum absolute atomic E-state index is 13.6. The maximum atomic E-state index is 13.6. The second-order valence-electron chi connectivity index (χ2n) is 10.2. The second kappa shape index (κ2) is 9.09. The van der Waals surface area contributed by atoms with Gasteiger partial charge in [-0.3, -0.25) is 15.0 Å². The number of piperidine rings is 1. The van der Waals surface area contributed by atoms with E-state index in [0.29, 0.717) is 30.1 Å². The molecule has 9 nitrogen and oxygen atoms in total. The van der Waals surface area contributed by atoms with E-state index in [0.717, 1.165) is 52.3 Å². The molecule has 38 heavy (non-hydrogen) atoms. The van der Waals surface area contributed by atoms with Crippen molar-refractivity contribution >= 4 is 27.9 Å². The third-order valence-corrected chi connectivity index (χ3v) is 7.44. The van der Waals surface area contributed by atoms with Crippen LogP contribution in [0.15, 0.2) is 42.9 Å². The summed E-state index contributed by atoms with van der Waals surface area (Å²) in [4.78, 5) is 26.2. The van der Waals surface area contributed by atoms with Crippen molar-refractivity contribution in [2.75, 3.05) is 31.1 Å². The molecular weight excluding hydrogens is 488 g/mol. The van der Waals surface area contributed by atoms with Crippen LogP contribution in [0.3, 0.4) is 0 Å². The Bertz CT molecular complexity index is 1620. The van der Waals surface area contributed by atoms with Gasteiger partial charge in [-0.05, 0) is 49.1 Å². The van der Waals surface area contributed by atoms with Crippen LogP contribution in [0, 0.1) is 0 Å². The minimum atomic E-state index is -2.62. The summed E-state index contributed by atoms with van der Waals surface area (Å²) < 4.78 is 27.3. The van der Waals surface area contributed by atoms with Gasteiger partial charge < -0.3 is 9.88 Å². The molecule has 7 heterocycles. The molecule has 0 radical (unpaired) electrons. The van der Waals surface area contributed by atoms with Gasteiger partial charge in [-0.15, -0.1) is 0 Å². The number of hydrogen-bond donors (Lipinski definition) is 2. The molecular formula is C27H27F2N9. The Morgan fingerprint density at radius 2 is 1.87 bits per heavy atom. The molecule has 0 amide bonds. The van der Waals surface area contributed by atoms with E-state index < -0.39 is 5.92 Å². The van der Waals surface area contributed by atoms with Crippen LogP contribution in [0.4, 0.5) is 14.5 Å². The molecule has 0 aliphatic carbocycles. The number of fused-ring (bicyclic) bond motifs is 2. The monoisotopic (exact) mass is 515 g/mol. The SMILES string of the molecule is FC1(F)CCN(Cc2cncc(-c3ccc4[nH]nc(-c5nc6c(N7CCCCC7)ccnc6[nH]5)c4n3)c2)C1. The predicted octanol–water partition coefficient (Wildman–Crippen LogP) is 4.79. The van der Waals surface area contributed by atoms with Crippen LogP contribution < -0.4 is 4.90 Å². The van der Waals surface area contributed by atoms with Crippen LogP contribution in [-0.4, -0.2) is 72.1 Å². The lowest BCUT2D eigenvalue weighted by Crippen LogP contribution is -2.29. The summed E-state index contributed by atoms with van der Waals surface area (Å²) >= 11 is 0. The molecule has 5 aromatic rings. The quantitative estimate of drug-likeness (QED) is 0.347. The highest BCUT2D eigenvalue weighted by atomic mass is 19.3. The highest BCUT2D eigenvalue weighted by molar-refractivity contribution is 5.93. The Morgan fingerprint density at radius 1 is 0.974 bits per heavy atom. The van der Waals surface area contributed by atoms with Gasteiger partial charge in [0.2, 0.25) is 0 Å². The second-order valence-corrected chi connectivity index (χ2v) is 10.2. The van der Waals surface area contributed by atoms with E-state index in [1.165, 1.54) is 19.3 Å². The fraction of sp³-hybridized carbons (Fsp3) is 0.370. The van der Waals surface area contributed by atoms with E-state index in [1.807, 2.05) is 30.5 Å². The Hall–Kier alpha value is -3.99. The topological polar surface area (TPSA) is 103 Å². The zero-order chi connectivity index (χ0) is 25.7. The number of aromatic nitrogens is 7.